The zero-order valence-corrected chi connectivity index (χ0v) is 20.8. The highest BCUT2D eigenvalue weighted by molar-refractivity contribution is 6.10. The predicted octanol–water partition coefficient (Wildman–Crippen LogP) is 1.93. The van der Waals surface area contributed by atoms with Crippen LogP contribution in [0.25, 0.3) is 22.2 Å². The van der Waals surface area contributed by atoms with Gasteiger partial charge in [-0.25, -0.2) is 9.50 Å². The molecule has 0 aromatic carbocycles. The lowest BCUT2D eigenvalue weighted by Gasteiger charge is -2.35. The number of nitriles is 1. The molecule has 11 nitrogen and oxygen atoms in total. The van der Waals surface area contributed by atoms with Gasteiger partial charge in [0, 0.05) is 92.9 Å². The van der Waals surface area contributed by atoms with E-state index in [1.807, 2.05) is 41.7 Å². The topological polar surface area (TPSA) is 126 Å². The molecule has 1 saturated heterocycles. The summed E-state index contributed by atoms with van der Waals surface area (Å²) in [6, 6.07) is 8.19. The molecule has 0 spiro atoms. The summed E-state index contributed by atoms with van der Waals surface area (Å²) in [5, 5.41) is 20.9. The molecule has 5 rings (SSSR count). The molecule has 37 heavy (non-hydrogen) atoms. The number of hydrogen-bond acceptors (Lipinski definition) is 9. The molecule has 1 aliphatic heterocycles. The number of aliphatic imine (C=N–C) groups is 1. The number of ether oxygens (including phenoxy) is 1. The lowest BCUT2D eigenvalue weighted by atomic mass is 10.0. The number of nitrogens with zero attached hydrogens (tertiary/aromatic N) is 9. The van der Waals surface area contributed by atoms with E-state index in [0.29, 0.717) is 11.4 Å². The number of methoxy groups -OCH3 is 1. The van der Waals surface area contributed by atoms with Gasteiger partial charge in [0.25, 0.3) is 0 Å². The van der Waals surface area contributed by atoms with Crippen molar-refractivity contribution in [3.05, 3.63) is 72.1 Å². The third-order valence-electron chi connectivity index (χ3n) is 6.45. The average molecular weight is 497 g/mol. The fourth-order valence-corrected chi connectivity index (χ4v) is 4.52. The van der Waals surface area contributed by atoms with E-state index in [-0.39, 0.29) is 0 Å². The summed E-state index contributed by atoms with van der Waals surface area (Å²) in [4.78, 5) is 12.7. The van der Waals surface area contributed by atoms with Crippen LogP contribution in [-0.2, 0) is 6.54 Å². The number of allylic oxidation sites excluding steroid dienone is 1. The molecule has 2 N–H and O–H groups in total. The van der Waals surface area contributed by atoms with Gasteiger partial charge in [-0.3, -0.25) is 14.9 Å². The van der Waals surface area contributed by atoms with Crippen LogP contribution in [0.1, 0.15) is 16.7 Å². The highest BCUT2D eigenvalue weighted by Crippen LogP contribution is 2.30. The molecule has 0 bridgehead atoms. The van der Waals surface area contributed by atoms with Crippen molar-refractivity contribution in [1.29, 1.82) is 5.26 Å². The monoisotopic (exact) mass is 496 g/mol. The van der Waals surface area contributed by atoms with Crippen molar-refractivity contribution >= 4 is 17.3 Å². The lowest BCUT2D eigenvalue weighted by Crippen LogP contribution is -2.50. The minimum absolute atomic E-state index is 0.498. The van der Waals surface area contributed by atoms with Crippen LogP contribution in [0.3, 0.4) is 0 Å². The van der Waals surface area contributed by atoms with Crippen LogP contribution in [0.2, 0.25) is 0 Å². The number of fused-ring (bicyclic) bond motifs is 1. The van der Waals surface area contributed by atoms with Gasteiger partial charge < -0.3 is 10.5 Å². The molecule has 1 fully saturated rings. The smallest absolute Gasteiger partial charge is 0.212 e. The quantitative estimate of drug-likeness (QED) is 0.385. The lowest BCUT2D eigenvalue weighted by molar-refractivity contribution is 0.228. The number of rotatable bonds is 7. The third-order valence-corrected chi connectivity index (χ3v) is 6.45. The molecule has 0 atom stereocenters. The Kier molecular flexibility index (Phi) is 6.83. The average Bonchev–Trinajstić information content (AvgIpc) is 3.60. The summed E-state index contributed by atoms with van der Waals surface area (Å²) in [6.07, 6.45) is 12.3. The van der Waals surface area contributed by atoms with Crippen LogP contribution in [0.5, 0.6) is 5.88 Å². The van der Waals surface area contributed by atoms with Crippen LogP contribution < -0.4 is 15.5 Å². The van der Waals surface area contributed by atoms with Gasteiger partial charge in [-0.2, -0.15) is 20.3 Å². The van der Waals surface area contributed by atoms with E-state index in [0.717, 1.165) is 66.1 Å². The van der Waals surface area contributed by atoms with Gasteiger partial charge in [0.1, 0.15) is 6.07 Å². The van der Waals surface area contributed by atoms with Crippen LogP contribution >= 0.6 is 0 Å². The second-order valence-electron chi connectivity index (χ2n) is 8.70. The first-order chi connectivity index (χ1) is 18.1. The van der Waals surface area contributed by atoms with Crippen LogP contribution in [0.15, 0.2) is 60.4 Å². The molecule has 188 valence electrons. The molecule has 0 saturated carbocycles. The third kappa shape index (κ3) is 4.87. The second-order valence-corrected chi connectivity index (χ2v) is 8.70. The zero-order valence-electron chi connectivity index (χ0n) is 20.8. The normalized spacial score (nSPS) is 14.9. The summed E-state index contributed by atoms with van der Waals surface area (Å²) < 4.78 is 6.86. The van der Waals surface area contributed by atoms with Crippen molar-refractivity contribution in [2.45, 2.75) is 6.54 Å². The number of nitrogens with two attached hydrogens (primary N) is 1. The van der Waals surface area contributed by atoms with Gasteiger partial charge in [-0.1, -0.05) is 6.07 Å². The van der Waals surface area contributed by atoms with Crippen molar-refractivity contribution in [3.8, 4) is 23.1 Å². The molecule has 4 aromatic heterocycles. The largest absolute Gasteiger partial charge is 0.481 e. The Morgan fingerprint density at radius 1 is 1.16 bits per heavy atom. The second kappa shape index (κ2) is 10.5. The van der Waals surface area contributed by atoms with E-state index in [1.165, 1.54) is 6.20 Å². The highest BCUT2D eigenvalue weighted by atomic mass is 16.5. The molecule has 1 aliphatic rings. The molecule has 0 unspecified atom stereocenters. The Bertz CT molecular complexity index is 1480. The van der Waals surface area contributed by atoms with Gasteiger partial charge in [0.2, 0.25) is 5.88 Å². The van der Waals surface area contributed by atoms with Crippen molar-refractivity contribution < 1.29 is 4.74 Å². The van der Waals surface area contributed by atoms with Crippen LogP contribution in [0.4, 0.5) is 0 Å². The van der Waals surface area contributed by atoms with Crippen molar-refractivity contribution in [2.75, 3.05) is 45.3 Å². The Morgan fingerprint density at radius 3 is 2.68 bits per heavy atom. The summed E-state index contributed by atoms with van der Waals surface area (Å²) in [7, 11) is 3.32. The molecular weight excluding hydrogens is 468 g/mol. The van der Waals surface area contributed by atoms with Crippen molar-refractivity contribution in [1.82, 2.24) is 29.4 Å². The number of aromatic nitrogens is 5. The fourth-order valence-electron chi connectivity index (χ4n) is 4.52. The maximum atomic E-state index is 9.67. The predicted molar refractivity (Wildman–Crippen MR) is 142 cm³/mol. The maximum Gasteiger partial charge on any atom is 0.212 e. The minimum Gasteiger partial charge on any atom is -0.481 e. The Labute approximate surface area is 214 Å². The van der Waals surface area contributed by atoms with Gasteiger partial charge >= 0.3 is 0 Å². The van der Waals surface area contributed by atoms with Gasteiger partial charge in [0.05, 0.1) is 36.8 Å². The van der Waals surface area contributed by atoms with E-state index in [1.54, 1.807) is 31.1 Å². The molecule has 0 aliphatic carbocycles. The van der Waals surface area contributed by atoms with Gasteiger partial charge in [0.15, 0.2) is 0 Å². The van der Waals surface area contributed by atoms with E-state index >= 15 is 0 Å². The van der Waals surface area contributed by atoms with E-state index in [4.69, 9.17) is 10.5 Å². The number of hydrogen-bond donors (Lipinski definition) is 1. The summed E-state index contributed by atoms with van der Waals surface area (Å²) in [6.45, 7) is 4.33. The van der Waals surface area contributed by atoms with E-state index in [2.05, 4.69) is 42.2 Å². The number of pyridine rings is 2. The highest BCUT2D eigenvalue weighted by Gasteiger charge is 2.20. The summed E-state index contributed by atoms with van der Waals surface area (Å²) in [5.41, 5.74) is 11.6. The first-order valence-electron chi connectivity index (χ1n) is 11.9. The first kappa shape index (κ1) is 24.0. The number of piperazine rings is 1. The fraction of sp³-hybridized carbons (Fsp3) is 0.269. The van der Waals surface area contributed by atoms with Gasteiger partial charge in [-0.15, -0.1) is 0 Å². The standard InChI is InChI=1S/C26H28N10O/c1-29-13-21(10-27)20-9-24(26-22(11-28)14-31-35(26)17-20)23-15-32-36(18-23)34-7-5-33(6-8-34)16-19-3-4-25(37-2)30-12-19/h3-4,9-10,12-15,17-18H,5-8,16,27H2,1-2H3. The van der Waals surface area contributed by atoms with Gasteiger partial charge in [-0.05, 0) is 11.6 Å². The van der Waals surface area contributed by atoms with Crippen LogP contribution in [0, 0.1) is 11.3 Å². The van der Waals surface area contributed by atoms with Crippen molar-refractivity contribution in [2.24, 2.45) is 10.7 Å². The Hall–Kier alpha value is -4.69. The zero-order chi connectivity index (χ0) is 25.8. The maximum absolute atomic E-state index is 9.67. The van der Waals surface area contributed by atoms with Crippen molar-refractivity contribution in [3.63, 3.8) is 0 Å². The molecule has 0 amide bonds. The van der Waals surface area contributed by atoms with E-state index < -0.39 is 0 Å². The van der Waals surface area contributed by atoms with Crippen LogP contribution in [-0.4, -0.2) is 75.9 Å². The molecular formula is C26H28N10O. The molecule has 11 heteroatoms. The first-order valence-corrected chi connectivity index (χ1v) is 11.9. The Morgan fingerprint density at radius 2 is 2.00 bits per heavy atom. The summed E-state index contributed by atoms with van der Waals surface area (Å²) >= 11 is 0. The molecule has 0 radical (unpaired) electrons. The molecule has 5 heterocycles. The SMILES string of the molecule is CN=CC(=CN)c1cc(-c2cnn(N3CCN(Cc4ccc(OC)nc4)CC3)c2)c2c(C#N)cnn2c1. The summed E-state index contributed by atoms with van der Waals surface area (Å²) in [5.74, 6) is 0.623. The van der Waals surface area contributed by atoms with E-state index in [9.17, 15) is 5.26 Å². The Balaban J connectivity index is 1.36. The molecule has 4 aromatic rings. The minimum atomic E-state index is 0.498.